The standard InChI is InChI=1S/C18H28BN5O3/c1-17(2)18(3,4)27-19(26-17)14-9-22-24(12-14)13-16-20-10-15(11-21-16)23(5)7-8-25-6/h9-12H,7-8,13H2,1-6H3. The van der Waals surface area contributed by atoms with Crippen LogP contribution in [0.1, 0.15) is 33.5 Å². The van der Waals surface area contributed by atoms with Gasteiger partial charge in [-0.3, -0.25) is 4.68 Å². The first kappa shape index (κ1) is 19.8. The van der Waals surface area contributed by atoms with Crippen molar-refractivity contribution in [1.29, 1.82) is 0 Å². The molecule has 8 nitrogen and oxygen atoms in total. The van der Waals surface area contributed by atoms with Gasteiger partial charge in [0.1, 0.15) is 12.4 Å². The van der Waals surface area contributed by atoms with Gasteiger partial charge in [0.25, 0.3) is 0 Å². The topological polar surface area (TPSA) is 74.5 Å². The molecule has 0 bridgehead atoms. The molecule has 0 unspecified atom stereocenters. The predicted octanol–water partition coefficient (Wildman–Crippen LogP) is 1.10. The first-order valence-corrected chi connectivity index (χ1v) is 9.11. The van der Waals surface area contributed by atoms with Gasteiger partial charge in [-0.05, 0) is 27.7 Å². The maximum absolute atomic E-state index is 6.07. The van der Waals surface area contributed by atoms with Crippen molar-refractivity contribution in [3.8, 4) is 0 Å². The summed E-state index contributed by atoms with van der Waals surface area (Å²) in [5, 5.41) is 4.40. The SMILES string of the molecule is COCCN(C)c1cnc(Cn2cc(B3OC(C)(C)C(C)(C)O3)cn2)nc1. The Balaban J connectivity index is 1.63. The van der Waals surface area contributed by atoms with Crippen LogP contribution < -0.4 is 10.4 Å². The molecule has 1 aliphatic rings. The molecule has 1 aliphatic heterocycles. The Kier molecular flexibility index (Phi) is 5.55. The Morgan fingerprint density at radius 2 is 1.74 bits per heavy atom. The maximum Gasteiger partial charge on any atom is 0.498 e. The molecule has 146 valence electrons. The molecule has 9 heteroatoms. The molecule has 0 N–H and O–H groups in total. The fourth-order valence-electron chi connectivity index (χ4n) is 2.70. The lowest BCUT2D eigenvalue weighted by Crippen LogP contribution is -2.41. The van der Waals surface area contributed by atoms with Crippen molar-refractivity contribution in [2.75, 3.05) is 32.2 Å². The van der Waals surface area contributed by atoms with Gasteiger partial charge in [0, 0.05) is 38.6 Å². The van der Waals surface area contributed by atoms with E-state index in [1.807, 2.05) is 53.3 Å². The van der Waals surface area contributed by atoms with E-state index in [0.717, 1.165) is 17.7 Å². The van der Waals surface area contributed by atoms with Crippen LogP contribution in [0.3, 0.4) is 0 Å². The summed E-state index contributed by atoms with van der Waals surface area (Å²) in [4.78, 5) is 10.9. The van der Waals surface area contributed by atoms with E-state index in [-0.39, 0.29) is 11.2 Å². The largest absolute Gasteiger partial charge is 0.498 e. The molecule has 1 fully saturated rings. The van der Waals surface area contributed by atoms with Gasteiger partial charge in [-0.15, -0.1) is 0 Å². The first-order valence-electron chi connectivity index (χ1n) is 9.11. The summed E-state index contributed by atoms with van der Waals surface area (Å²) in [5.74, 6) is 0.697. The van der Waals surface area contributed by atoms with Crippen LogP contribution in [0.2, 0.25) is 0 Å². The molecule has 0 radical (unpaired) electrons. The first-order chi connectivity index (χ1) is 12.7. The van der Waals surface area contributed by atoms with E-state index in [9.17, 15) is 0 Å². The van der Waals surface area contributed by atoms with Gasteiger partial charge in [-0.2, -0.15) is 5.10 Å². The van der Waals surface area contributed by atoms with Crippen LogP contribution >= 0.6 is 0 Å². The van der Waals surface area contributed by atoms with Crippen LogP contribution in [0.25, 0.3) is 0 Å². The summed E-state index contributed by atoms with van der Waals surface area (Å²) in [5.41, 5.74) is 1.11. The Hall–Kier alpha value is -1.97. The van der Waals surface area contributed by atoms with Gasteiger partial charge >= 0.3 is 7.12 Å². The van der Waals surface area contributed by atoms with Crippen LogP contribution in [-0.4, -0.2) is 65.4 Å². The molecule has 2 aromatic heterocycles. The highest BCUT2D eigenvalue weighted by Crippen LogP contribution is 2.36. The monoisotopic (exact) mass is 373 g/mol. The van der Waals surface area contributed by atoms with Crippen molar-refractivity contribution in [2.45, 2.75) is 45.4 Å². The van der Waals surface area contributed by atoms with Gasteiger partial charge in [0.2, 0.25) is 0 Å². The Morgan fingerprint density at radius 1 is 1.11 bits per heavy atom. The lowest BCUT2D eigenvalue weighted by molar-refractivity contribution is 0.00578. The highest BCUT2D eigenvalue weighted by atomic mass is 16.7. The van der Waals surface area contributed by atoms with Gasteiger partial charge < -0.3 is 18.9 Å². The number of rotatable bonds is 7. The smallest absolute Gasteiger partial charge is 0.399 e. The molecule has 0 aromatic carbocycles. The third-order valence-electron chi connectivity index (χ3n) is 5.25. The Bertz CT molecular complexity index is 747. The van der Waals surface area contributed by atoms with Crippen molar-refractivity contribution >= 4 is 18.3 Å². The molecule has 3 rings (SSSR count). The number of nitrogens with zero attached hydrogens (tertiary/aromatic N) is 5. The molecular weight excluding hydrogens is 345 g/mol. The van der Waals surface area contributed by atoms with Crippen LogP contribution in [0, 0.1) is 0 Å². The van der Waals surface area contributed by atoms with E-state index in [0.29, 0.717) is 19.0 Å². The Morgan fingerprint density at radius 3 is 2.33 bits per heavy atom. The second-order valence-corrected chi connectivity index (χ2v) is 7.83. The number of aromatic nitrogens is 4. The molecule has 0 saturated carbocycles. The van der Waals surface area contributed by atoms with E-state index in [4.69, 9.17) is 14.0 Å². The Labute approximate surface area is 161 Å². The normalized spacial score (nSPS) is 18.1. The van der Waals surface area contributed by atoms with Crippen molar-refractivity contribution in [3.05, 3.63) is 30.6 Å². The molecule has 0 atom stereocenters. The second-order valence-electron chi connectivity index (χ2n) is 7.83. The van der Waals surface area contributed by atoms with Gasteiger partial charge in [0.15, 0.2) is 0 Å². The third-order valence-corrected chi connectivity index (χ3v) is 5.25. The van der Waals surface area contributed by atoms with Gasteiger partial charge in [-0.25, -0.2) is 9.97 Å². The average Bonchev–Trinajstić information content (AvgIpc) is 3.15. The number of methoxy groups -OCH3 is 1. The number of ether oxygens (including phenoxy) is 1. The number of hydrogen-bond donors (Lipinski definition) is 0. The van der Waals surface area contributed by atoms with Crippen LogP contribution in [0.15, 0.2) is 24.8 Å². The molecular formula is C18H28BN5O3. The lowest BCUT2D eigenvalue weighted by atomic mass is 9.82. The highest BCUT2D eigenvalue weighted by molar-refractivity contribution is 6.61. The molecule has 0 aliphatic carbocycles. The predicted molar refractivity (Wildman–Crippen MR) is 104 cm³/mol. The zero-order chi connectivity index (χ0) is 19.7. The van der Waals surface area contributed by atoms with Crippen LogP contribution in [0.4, 0.5) is 5.69 Å². The minimum absolute atomic E-state index is 0.368. The van der Waals surface area contributed by atoms with E-state index >= 15 is 0 Å². The molecule has 3 heterocycles. The van der Waals surface area contributed by atoms with E-state index < -0.39 is 7.12 Å². The summed E-state index contributed by atoms with van der Waals surface area (Å²) in [6, 6.07) is 0. The summed E-state index contributed by atoms with van der Waals surface area (Å²) in [7, 11) is 3.26. The van der Waals surface area contributed by atoms with Crippen molar-refractivity contribution in [1.82, 2.24) is 19.7 Å². The number of hydrogen-bond acceptors (Lipinski definition) is 7. The number of anilines is 1. The molecule has 2 aromatic rings. The van der Waals surface area contributed by atoms with E-state index in [2.05, 4.69) is 20.0 Å². The fraction of sp³-hybridized carbons (Fsp3) is 0.611. The quantitative estimate of drug-likeness (QED) is 0.673. The summed E-state index contributed by atoms with van der Waals surface area (Å²) in [6.07, 6.45) is 7.33. The van der Waals surface area contributed by atoms with E-state index in [1.165, 1.54) is 0 Å². The summed E-state index contributed by atoms with van der Waals surface area (Å²) in [6.45, 7) is 10.1. The van der Waals surface area contributed by atoms with Crippen LogP contribution in [0.5, 0.6) is 0 Å². The third kappa shape index (κ3) is 4.31. The average molecular weight is 373 g/mol. The lowest BCUT2D eigenvalue weighted by Gasteiger charge is -2.32. The summed E-state index contributed by atoms with van der Waals surface area (Å²) >= 11 is 0. The number of likely N-dealkylation sites (N-methyl/N-ethyl adjacent to an activating group) is 1. The van der Waals surface area contributed by atoms with E-state index in [1.54, 1.807) is 18.0 Å². The highest BCUT2D eigenvalue weighted by Gasteiger charge is 2.52. The van der Waals surface area contributed by atoms with Crippen molar-refractivity contribution < 1.29 is 14.0 Å². The zero-order valence-electron chi connectivity index (χ0n) is 17.0. The molecule has 27 heavy (non-hydrogen) atoms. The van der Waals surface area contributed by atoms with Crippen molar-refractivity contribution in [3.63, 3.8) is 0 Å². The van der Waals surface area contributed by atoms with Gasteiger partial charge in [-0.1, -0.05) is 0 Å². The minimum Gasteiger partial charge on any atom is -0.399 e. The fourth-order valence-corrected chi connectivity index (χ4v) is 2.70. The van der Waals surface area contributed by atoms with Crippen molar-refractivity contribution in [2.24, 2.45) is 0 Å². The van der Waals surface area contributed by atoms with Crippen LogP contribution in [-0.2, 0) is 20.6 Å². The molecule has 0 amide bonds. The summed E-state index contributed by atoms with van der Waals surface area (Å²) < 4.78 is 19.0. The zero-order valence-corrected chi connectivity index (χ0v) is 17.0. The maximum atomic E-state index is 6.07. The van der Waals surface area contributed by atoms with Gasteiger partial charge in [0.05, 0.1) is 35.9 Å². The molecule has 1 saturated heterocycles. The molecule has 0 spiro atoms. The minimum atomic E-state index is -0.415. The second kappa shape index (κ2) is 7.57.